The third-order valence-corrected chi connectivity index (χ3v) is 3.15. The van der Waals surface area contributed by atoms with Crippen LogP contribution in [0.4, 0.5) is 0 Å². The Balaban J connectivity index is 2.09. The van der Waals surface area contributed by atoms with Gasteiger partial charge in [-0.05, 0) is 19.1 Å². The Morgan fingerprint density at radius 1 is 1.31 bits per heavy atom. The largest absolute Gasteiger partial charge is 0.393 e. The summed E-state index contributed by atoms with van der Waals surface area (Å²) in [6, 6.07) is 10.2. The molecule has 0 fully saturated rings. The monoisotopic (exact) mass is 241 g/mol. The summed E-state index contributed by atoms with van der Waals surface area (Å²) in [7, 11) is 0. The molecule has 1 unspecified atom stereocenters. The van der Waals surface area contributed by atoms with Gasteiger partial charge >= 0.3 is 0 Å². The maximum absolute atomic E-state index is 9.52. The number of aliphatic hydroxyl groups is 2. The number of hydrogen-bond donors (Lipinski definition) is 3. The van der Waals surface area contributed by atoms with Crippen molar-refractivity contribution in [3.63, 3.8) is 0 Å². The summed E-state index contributed by atoms with van der Waals surface area (Å²) in [5.74, 6) is 0.950. The van der Waals surface area contributed by atoms with E-state index in [1.165, 1.54) is 4.90 Å². The first-order valence-corrected chi connectivity index (χ1v) is 6.34. The van der Waals surface area contributed by atoms with E-state index >= 15 is 0 Å². The molecular formula is C12H19NO2S. The first-order chi connectivity index (χ1) is 7.64. The molecule has 1 atom stereocenters. The molecule has 0 saturated carbocycles. The van der Waals surface area contributed by atoms with Gasteiger partial charge in [0.2, 0.25) is 0 Å². The lowest BCUT2D eigenvalue weighted by Gasteiger charge is -2.20. The summed E-state index contributed by atoms with van der Waals surface area (Å²) in [5.41, 5.74) is -1.02. The summed E-state index contributed by atoms with van der Waals surface area (Å²) in [6.45, 7) is 2.63. The molecule has 0 amide bonds. The summed E-state index contributed by atoms with van der Waals surface area (Å²) in [4.78, 5) is 1.25. The highest BCUT2D eigenvalue weighted by Gasteiger charge is 2.17. The van der Waals surface area contributed by atoms with Crippen LogP contribution in [-0.4, -0.2) is 41.3 Å². The highest BCUT2D eigenvalue weighted by Crippen LogP contribution is 2.15. The Morgan fingerprint density at radius 2 is 2.00 bits per heavy atom. The van der Waals surface area contributed by atoms with Crippen LogP contribution >= 0.6 is 11.8 Å². The van der Waals surface area contributed by atoms with Crippen LogP contribution in [0, 0.1) is 0 Å². The second-order valence-electron chi connectivity index (χ2n) is 3.99. The Labute approximate surface area is 101 Å². The first-order valence-electron chi connectivity index (χ1n) is 5.36. The van der Waals surface area contributed by atoms with Crippen LogP contribution in [0.1, 0.15) is 6.92 Å². The quantitative estimate of drug-likeness (QED) is 0.494. The van der Waals surface area contributed by atoms with Crippen LogP contribution < -0.4 is 5.32 Å². The molecule has 3 N–H and O–H groups in total. The zero-order valence-electron chi connectivity index (χ0n) is 9.52. The van der Waals surface area contributed by atoms with Crippen LogP contribution in [0.2, 0.25) is 0 Å². The molecule has 1 aromatic rings. The van der Waals surface area contributed by atoms with E-state index in [0.717, 1.165) is 12.3 Å². The number of thioether (sulfide) groups is 1. The van der Waals surface area contributed by atoms with Gasteiger partial charge in [0.15, 0.2) is 0 Å². The number of aliphatic hydroxyl groups excluding tert-OH is 1. The lowest BCUT2D eigenvalue weighted by molar-refractivity contribution is 0.00324. The predicted molar refractivity (Wildman–Crippen MR) is 67.7 cm³/mol. The lowest BCUT2D eigenvalue weighted by atomic mass is 10.1. The summed E-state index contributed by atoms with van der Waals surface area (Å²) < 4.78 is 0. The van der Waals surface area contributed by atoms with Crippen molar-refractivity contribution in [3.05, 3.63) is 30.3 Å². The van der Waals surface area contributed by atoms with Gasteiger partial charge < -0.3 is 15.5 Å². The van der Waals surface area contributed by atoms with Crippen molar-refractivity contribution in [3.8, 4) is 0 Å². The molecule has 1 rings (SSSR count). The molecule has 0 radical (unpaired) electrons. The third kappa shape index (κ3) is 5.51. The predicted octanol–water partition coefficient (Wildman–Crippen LogP) is 1.11. The van der Waals surface area contributed by atoms with Gasteiger partial charge in [0.05, 0.1) is 12.2 Å². The molecule has 0 heterocycles. The molecule has 0 aliphatic carbocycles. The van der Waals surface area contributed by atoms with E-state index in [1.807, 2.05) is 18.2 Å². The Kier molecular flexibility index (Phi) is 5.84. The van der Waals surface area contributed by atoms with Crippen molar-refractivity contribution >= 4 is 11.8 Å². The molecule has 0 spiro atoms. The smallest absolute Gasteiger partial charge is 0.0972 e. The van der Waals surface area contributed by atoms with Gasteiger partial charge in [0.1, 0.15) is 0 Å². The van der Waals surface area contributed by atoms with Gasteiger partial charge in [-0.3, -0.25) is 0 Å². The molecule has 3 nitrogen and oxygen atoms in total. The third-order valence-electron chi connectivity index (χ3n) is 2.14. The Bertz CT molecular complexity index is 290. The molecular weight excluding hydrogens is 222 g/mol. The molecule has 1 aromatic carbocycles. The van der Waals surface area contributed by atoms with Gasteiger partial charge in [-0.15, -0.1) is 11.8 Å². The topological polar surface area (TPSA) is 52.5 Å². The number of benzene rings is 1. The maximum atomic E-state index is 9.52. The minimum absolute atomic E-state index is 0.216. The van der Waals surface area contributed by atoms with Crippen LogP contribution in [0.3, 0.4) is 0 Å². The van der Waals surface area contributed by atoms with E-state index in [1.54, 1.807) is 18.7 Å². The molecule has 90 valence electrons. The van der Waals surface area contributed by atoms with Crippen LogP contribution in [0.15, 0.2) is 35.2 Å². The van der Waals surface area contributed by atoms with Crippen molar-refractivity contribution in [1.82, 2.24) is 5.32 Å². The SMILES string of the molecule is CC(O)(CO)CNCCSc1ccccc1. The average Bonchev–Trinajstić information content (AvgIpc) is 2.30. The van der Waals surface area contributed by atoms with Gasteiger partial charge in [-0.25, -0.2) is 0 Å². The van der Waals surface area contributed by atoms with Crippen molar-refractivity contribution in [2.45, 2.75) is 17.4 Å². The fourth-order valence-corrected chi connectivity index (χ4v) is 2.00. The fraction of sp³-hybridized carbons (Fsp3) is 0.500. The normalized spacial score (nSPS) is 14.7. The molecule has 4 heteroatoms. The van der Waals surface area contributed by atoms with Crippen molar-refractivity contribution in [2.24, 2.45) is 0 Å². The van der Waals surface area contributed by atoms with Crippen molar-refractivity contribution in [1.29, 1.82) is 0 Å². The fourth-order valence-electron chi connectivity index (χ4n) is 1.17. The molecule has 0 aliphatic heterocycles. The second kappa shape index (κ2) is 6.91. The van der Waals surface area contributed by atoms with Gasteiger partial charge in [0, 0.05) is 23.7 Å². The van der Waals surface area contributed by atoms with E-state index in [0.29, 0.717) is 6.54 Å². The van der Waals surface area contributed by atoms with E-state index in [2.05, 4.69) is 17.4 Å². The van der Waals surface area contributed by atoms with Crippen molar-refractivity contribution in [2.75, 3.05) is 25.4 Å². The maximum Gasteiger partial charge on any atom is 0.0972 e. The van der Waals surface area contributed by atoms with Crippen LogP contribution in [-0.2, 0) is 0 Å². The summed E-state index contributed by atoms with van der Waals surface area (Å²) in [5, 5.41) is 21.5. The standard InChI is InChI=1S/C12H19NO2S/c1-12(15,10-14)9-13-7-8-16-11-5-3-2-4-6-11/h2-6,13-15H,7-10H2,1H3. The van der Waals surface area contributed by atoms with E-state index in [4.69, 9.17) is 5.11 Å². The van der Waals surface area contributed by atoms with Gasteiger partial charge in [-0.2, -0.15) is 0 Å². The summed E-state index contributed by atoms with van der Waals surface area (Å²) in [6.07, 6.45) is 0. The zero-order valence-corrected chi connectivity index (χ0v) is 10.3. The van der Waals surface area contributed by atoms with E-state index in [9.17, 15) is 5.11 Å². The number of rotatable bonds is 7. The molecule has 0 bridgehead atoms. The average molecular weight is 241 g/mol. The highest BCUT2D eigenvalue weighted by atomic mass is 32.2. The highest BCUT2D eigenvalue weighted by molar-refractivity contribution is 7.99. The molecule has 16 heavy (non-hydrogen) atoms. The van der Waals surface area contributed by atoms with Crippen LogP contribution in [0.5, 0.6) is 0 Å². The Hall–Kier alpha value is -0.550. The number of hydrogen-bond acceptors (Lipinski definition) is 4. The Morgan fingerprint density at radius 3 is 2.62 bits per heavy atom. The van der Waals surface area contributed by atoms with Crippen LogP contribution in [0.25, 0.3) is 0 Å². The second-order valence-corrected chi connectivity index (χ2v) is 5.16. The van der Waals surface area contributed by atoms with Gasteiger partial charge in [0.25, 0.3) is 0 Å². The minimum atomic E-state index is -1.02. The molecule has 0 aromatic heterocycles. The zero-order chi connectivity index (χ0) is 11.9. The molecule has 0 saturated heterocycles. The van der Waals surface area contributed by atoms with Crippen molar-refractivity contribution < 1.29 is 10.2 Å². The van der Waals surface area contributed by atoms with E-state index < -0.39 is 5.60 Å². The minimum Gasteiger partial charge on any atom is -0.393 e. The van der Waals surface area contributed by atoms with E-state index in [-0.39, 0.29) is 6.61 Å². The number of nitrogens with one attached hydrogen (secondary N) is 1. The lowest BCUT2D eigenvalue weighted by Crippen LogP contribution is -2.41. The molecule has 0 aliphatic rings. The summed E-state index contributed by atoms with van der Waals surface area (Å²) >= 11 is 1.77. The first kappa shape index (κ1) is 13.5. The van der Waals surface area contributed by atoms with Gasteiger partial charge in [-0.1, -0.05) is 18.2 Å².